The van der Waals surface area contributed by atoms with E-state index in [1.165, 1.54) is 0 Å². The quantitative estimate of drug-likeness (QED) is 0.512. The number of rotatable bonds is 6. The molecule has 1 atom stereocenters. The molecule has 2 aliphatic heterocycles. The fraction of sp³-hybridized carbons (Fsp3) is 0.400. The van der Waals surface area contributed by atoms with Crippen molar-refractivity contribution in [2.45, 2.75) is 19.4 Å². The first-order valence-corrected chi connectivity index (χ1v) is 11.7. The monoisotopic (exact) mass is 463 g/mol. The van der Waals surface area contributed by atoms with Gasteiger partial charge in [-0.15, -0.1) is 0 Å². The molecular formula is C25H29N5O4. The number of piperidine rings is 1. The Morgan fingerprint density at radius 2 is 2.06 bits per heavy atom. The Bertz CT molecular complexity index is 1140. The summed E-state index contributed by atoms with van der Waals surface area (Å²) in [6, 6.07) is 13.1. The van der Waals surface area contributed by atoms with Gasteiger partial charge in [-0.2, -0.15) is 0 Å². The maximum Gasteiger partial charge on any atom is 0.228 e. The average molecular weight is 464 g/mol. The molecule has 1 unspecified atom stereocenters. The van der Waals surface area contributed by atoms with Gasteiger partial charge in [0.1, 0.15) is 18.2 Å². The van der Waals surface area contributed by atoms with E-state index in [1.54, 1.807) is 12.1 Å². The third-order valence-corrected chi connectivity index (χ3v) is 6.18. The third-order valence-electron chi connectivity index (χ3n) is 6.18. The Hall–Kier alpha value is -3.27. The van der Waals surface area contributed by atoms with E-state index in [0.717, 1.165) is 55.2 Å². The largest absolute Gasteiger partial charge is 0.455 e. The number of aromatic nitrogens is 2. The minimum atomic E-state index is -0.186. The van der Waals surface area contributed by atoms with Crippen molar-refractivity contribution in [3.63, 3.8) is 0 Å². The summed E-state index contributed by atoms with van der Waals surface area (Å²) in [6.45, 7) is 4.25. The van der Waals surface area contributed by atoms with E-state index in [1.807, 2.05) is 30.3 Å². The number of hydrogen-bond donors (Lipinski definition) is 3. The second kappa shape index (κ2) is 10.3. The Morgan fingerprint density at radius 3 is 2.82 bits per heavy atom. The van der Waals surface area contributed by atoms with E-state index in [-0.39, 0.29) is 18.4 Å². The second-order valence-electron chi connectivity index (χ2n) is 8.57. The van der Waals surface area contributed by atoms with Crippen molar-refractivity contribution in [2.75, 3.05) is 49.6 Å². The Balaban J connectivity index is 1.46. The maximum absolute atomic E-state index is 12.7. The summed E-state index contributed by atoms with van der Waals surface area (Å²) in [6.07, 6.45) is 1.91. The molecule has 9 heteroatoms. The summed E-state index contributed by atoms with van der Waals surface area (Å²) < 4.78 is 11.2. The Labute approximate surface area is 198 Å². The second-order valence-corrected chi connectivity index (χ2v) is 8.57. The van der Waals surface area contributed by atoms with Gasteiger partial charge < -0.3 is 29.8 Å². The van der Waals surface area contributed by atoms with Crippen LogP contribution in [0, 0.1) is 5.92 Å². The number of anilines is 2. The highest BCUT2D eigenvalue weighted by molar-refractivity contribution is 5.93. The van der Waals surface area contributed by atoms with Crippen LogP contribution in [0.15, 0.2) is 46.9 Å². The number of amides is 1. The van der Waals surface area contributed by atoms with Gasteiger partial charge in [0.05, 0.1) is 24.8 Å². The van der Waals surface area contributed by atoms with Crippen molar-refractivity contribution in [3.05, 3.63) is 48.2 Å². The summed E-state index contributed by atoms with van der Waals surface area (Å²) in [7, 11) is 0. The van der Waals surface area contributed by atoms with Crippen molar-refractivity contribution in [1.29, 1.82) is 0 Å². The molecule has 0 aliphatic carbocycles. The molecule has 34 heavy (non-hydrogen) atoms. The number of aliphatic hydroxyl groups excluding tert-OH is 1. The van der Waals surface area contributed by atoms with Gasteiger partial charge in [-0.3, -0.25) is 4.79 Å². The molecule has 2 fully saturated rings. The molecule has 2 aromatic heterocycles. The molecule has 1 amide bonds. The summed E-state index contributed by atoms with van der Waals surface area (Å²) in [5.41, 5.74) is 2.33. The average Bonchev–Trinajstić information content (AvgIpc) is 3.39. The summed E-state index contributed by atoms with van der Waals surface area (Å²) in [4.78, 5) is 24.4. The standard InChI is InChI=1S/C25H29N5O4/c31-16-20-6-7-22(34-20)24-28-21(14-23(29-24)30-9-11-33-12-10-30)17-3-1-5-19(13-17)27-25(32)18-4-2-8-26-15-18/h1,3,5-7,13-14,18,26,31H,2,4,8-12,15-16H2,(H,27,32). The Morgan fingerprint density at radius 1 is 1.18 bits per heavy atom. The lowest BCUT2D eigenvalue weighted by Crippen LogP contribution is -2.37. The van der Waals surface area contributed by atoms with Gasteiger partial charge >= 0.3 is 0 Å². The molecule has 2 saturated heterocycles. The highest BCUT2D eigenvalue weighted by Gasteiger charge is 2.21. The number of nitrogens with zero attached hydrogens (tertiary/aromatic N) is 3. The van der Waals surface area contributed by atoms with Gasteiger partial charge in [-0.1, -0.05) is 12.1 Å². The van der Waals surface area contributed by atoms with Crippen molar-refractivity contribution < 1.29 is 19.1 Å². The van der Waals surface area contributed by atoms with Gasteiger partial charge in [0, 0.05) is 37.0 Å². The van der Waals surface area contributed by atoms with Gasteiger partial charge in [0.2, 0.25) is 5.91 Å². The number of aliphatic hydroxyl groups is 1. The van der Waals surface area contributed by atoms with E-state index in [0.29, 0.717) is 37.1 Å². The van der Waals surface area contributed by atoms with Gasteiger partial charge in [0.15, 0.2) is 11.6 Å². The molecule has 9 nitrogen and oxygen atoms in total. The molecule has 3 aromatic rings. The number of nitrogens with one attached hydrogen (secondary N) is 2. The zero-order valence-electron chi connectivity index (χ0n) is 19.0. The molecule has 3 N–H and O–H groups in total. The van der Waals surface area contributed by atoms with Crippen LogP contribution in [0.3, 0.4) is 0 Å². The van der Waals surface area contributed by atoms with Crippen LogP contribution in [-0.4, -0.2) is 60.4 Å². The molecule has 0 saturated carbocycles. The van der Waals surface area contributed by atoms with Crippen LogP contribution < -0.4 is 15.5 Å². The topological polar surface area (TPSA) is 113 Å². The first-order valence-electron chi connectivity index (χ1n) is 11.7. The van der Waals surface area contributed by atoms with Crippen molar-refractivity contribution in [2.24, 2.45) is 5.92 Å². The minimum Gasteiger partial charge on any atom is -0.455 e. The summed E-state index contributed by atoms with van der Waals surface area (Å²) >= 11 is 0. The highest BCUT2D eigenvalue weighted by Crippen LogP contribution is 2.29. The molecule has 0 bridgehead atoms. The molecule has 1 aromatic carbocycles. The van der Waals surface area contributed by atoms with Gasteiger partial charge in [0.25, 0.3) is 0 Å². The summed E-state index contributed by atoms with van der Waals surface area (Å²) in [5.74, 6) is 2.20. The molecule has 2 aliphatic rings. The smallest absolute Gasteiger partial charge is 0.228 e. The SMILES string of the molecule is O=C(Nc1cccc(-c2cc(N3CCOCC3)nc(-c3ccc(CO)o3)n2)c1)C1CCCNC1. The first kappa shape index (κ1) is 22.5. The predicted molar refractivity (Wildman–Crippen MR) is 128 cm³/mol. The number of hydrogen-bond acceptors (Lipinski definition) is 8. The van der Waals surface area contributed by atoms with E-state index in [4.69, 9.17) is 19.1 Å². The lowest BCUT2D eigenvalue weighted by atomic mass is 9.98. The lowest BCUT2D eigenvalue weighted by molar-refractivity contribution is -0.120. The number of morpholine rings is 1. The Kier molecular flexibility index (Phi) is 6.84. The fourth-order valence-corrected chi connectivity index (χ4v) is 4.31. The van der Waals surface area contributed by atoms with E-state index in [9.17, 15) is 9.90 Å². The predicted octanol–water partition coefficient (Wildman–Crippen LogP) is 2.67. The zero-order chi connectivity index (χ0) is 23.3. The third kappa shape index (κ3) is 5.11. The van der Waals surface area contributed by atoms with Crippen LogP contribution in [0.4, 0.5) is 11.5 Å². The molecule has 5 rings (SSSR count). The number of benzene rings is 1. The minimum absolute atomic E-state index is 0.0179. The molecular weight excluding hydrogens is 434 g/mol. The number of carbonyl (C=O) groups is 1. The van der Waals surface area contributed by atoms with Crippen LogP contribution >= 0.6 is 0 Å². The maximum atomic E-state index is 12.7. The van der Waals surface area contributed by atoms with Crippen LogP contribution in [0.25, 0.3) is 22.8 Å². The molecule has 4 heterocycles. The molecule has 0 radical (unpaired) electrons. The molecule has 178 valence electrons. The van der Waals surface area contributed by atoms with Crippen molar-refractivity contribution >= 4 is 17.4 Å². The highest BCUT2D eigenvalue weighted by atomic mass is 16.5. The summed E-state index contributed by atoms with van der Waals surface area (Å²) in [5, 5.41) is 15.7. The van der Waals surface area contributed by atoms with E-state index < -0.39 is 0 Å². The van der Waals surface area contributed by atoms with Crippen LogP contribution in [0.1, 0.15) is 18.6 Å². The van der Waals surface area contributed by atoms with Crippen LogP contribution in [0.5, 0.6) is 0 Å². The lowest BCUT2D eigenvalue weighted by Gasteiger charge is -2.28. The number of ether oxygens (including phenoxy) is 1. The van der Waals surface area contributed by atoms with Crippen LogP contribution in [-0.2, 0) is 16.1 Å². The van der Waals surface area contributed by atoms with E-state index in [2.05, 4.69) is 15.5 Å². The zero-order valence-corrected chi connectivity index (χ0v) is 19.0. The van der Waals surface area contributed by atoms with Gasteiger partial charge in [-0.25, -0.2) is 9.97 Å². The number of carbonyl (C=O) groups excluding carboxylic acids is 1. The van der Waals surface area contributed by atoms with E-state index >= 15 is 0 Å². The van der Waals surface area contributed by atoms with Crippen molar-refractivity contribution in [3.8, 4) is 22.8 Å². The van der Waals surface area contributed by atoms with Crippen LogP contribution in [0.2, 0.25) is 0 Å². The van der Waals surface area contributed by atoms with Gasteiger partial charge in [-0.05, 0) is 43.7 Å². The molecule has 0 spiro atoms. The normalized spacial score (nSPS) is 18.6. The fourth-order valence-electron chi connectivity index (χ4n) is 4.31. The first-order chi connectivity index (χ1) is 16.7. The van der Waals surface area contributed by atoms with Crippen molar-refractivity contribution in [1.82, 2.24) is 15.3 Å². The number of furan rings is 1.